The van der Waals surface area contributed by atoms with E-state index in [1.165, 1.54) is 11.8 Å². The first-order valence-electron chi connectivity index (χ1n) is 9.51. The van der Waals surface area contributed by atoms with Crippen LogP contribution in [-0.2, 0) is 9.53 Å². The number of fused-ring (bicyclic) bond motifs is 3. The smallest absolute Gasteiger partial charge is 0.407 e. The van der Waals surface area contributed by atoms with Gasteiger partial charge in [0.1, 0.15) is 12.6 Å². The van der Waals surface area contributed by atoms with E-state index in [4.69, 9.17) is 4.74 Å². The summed E-state index contributed by atoms with van der Waals surface area (Å²) in [5, 5.41) is 12.6. The molecule has 0 radical (unpaired) electrons. The zero-order chi connectivity index (χ0) is 20.9. The molecular weight excluding hydrogens is 400 g/mol. The molecule has 0 aliphatic heterocycles. The van der Waals surface area contributed by atoms with Crippen LogP contribution in [-0.4, -0.2) is 40.6 Å². The molecule has 0 saturated heterocycles. The van der Waals surface area contributed by atoms with Crippen molar-refractivity contribution >= 4 is 23.8 Å². The second-order valence-electron chi connectivity index (χ2n) is 6.84. The number of hydrogen-bond acceptors (Lipinski definition) is 5. The molecule has 1 aliphatic carbocycles. The number of aliphatic carboxylic acids is 1. The fourth-order valence-electron chi connectivity index (χ4n) is 3.56. The van der Waals surface area contributed by atoms with Gasteiger partial charge in [-0.15, -0.1) is 11.8 Å². The van der Waals surface area contributed by atoms with Crippen LogP contribution in [0.1, 0.15) is 17.0 Å². The summed E-state index contributed by atoms with van der Waals surface area (Å²) in [5.74, 6) is -1.04. The van der Waals surface area contributed by atoms with Gasteiger partial charge in [-0.25, -0.2) is 14.6 Å². The van der Waals surface area contributed by atoms with Gasteiger partial charge < -0.3 is 15.2 Å². The van der Waals surface area contributed by atoms with E-state index in [9.17, 15) is 14.7 Å². The third-order valence-electron chi connectivity index (χ3n) is 4.97. The van der Waals surface area contributed by atoms with Crippen molar-refractivity contribution in [2.45, 2.75) is 17.0 Å². The van der Waals surface area contributed by atoms with E-state index in [1.807, 2.05) is 42.5 Å². The molecule has 1 amide bonds. The highest BCUT2D eigenvalue weighted by atomic mass is 32.2. The number of carboxylic acids is 1. The fourth-order valence-corrected chi connectivity index (χ4v) is 4.43. The minimum absolute atomic E-state index is 0.0747. The molecule has 1 aliphatic rings. The minimum atomic E-state index is -1.12. The van der Waals surface area contributed by atoms with Crippen molar-refractivity contribution < 1.29 is 19.4 Å². The first-order chi connectivity index (χ1) is 14.6. The molecule has 30 heavy (non-hydrogen) atoms. The topological polar surface area (TPSA) is 88.5 Å². The Hall–Kier alpha value is -3.32. The number of aromatic nitrogens is 1. The van der Waals surface area contributed by atoms with Crippen molar-refractivity contribution in [2.75, 3.05) is 12.4 Å². The number of nitrogens with zero attached hydrogens (tertiary/aromatic N) is 1. The lowest BCUT2D eigenvalue weighted by atomic mass is 9.98. The zero-order valence-electron chi connectivity index (χ0n) is 16.0. The number of amides is 1. The van der Waals surface area contributed by atoms with Gasteiger partial charge in [-0.1, -0.05) is 54.6 Å². The Bertz CT molecular complexity index is 1010. The van der Waals surface area contributed by atoms with E-state index >= 15 is 0 Å². The maximum absolute atomic E-state index is 12.3. The van der Waals surface area contributed by atoms with Crippen molar-refractivity contribution in [3.05, 3.63) is 84.1 Å². The van der Waals surface area contributed by atoms with Gasteiger partial charge in [-0.2, -0.15) is 0 Å². The van der Waals surface area contributed by atoms with Crippen LogP contribution >= 0.6 is 11.8 Å². The molecule has 3 aromatic rings. The van der Waals surface area contributed by atoms with Crippen LogP contribution in [0.15, 0.2) is 78.0 Å². The van der Waals surface area contributed by atoms with Crippen LogP contribution in [0.5, 0.6) is 0 Å². The van der Waals surface area contributed by atoms with Gasteiger partial charge in [0.2, 0.25) is 0 Å². The highest BCUT2D eigenvalue weighted by Gasteiger charge is 2.29. The largest absolute Gasteiger partial charge is 0.480 e. The van der Waals surface area contributed by atoms with Gasteiger partial charge >= 0.3 is 12.1 Å². The molecule has 0 saturated carbocycles. The molecule has 1 unspecified atom stereocenters. The fraction of sp³-hybridized carbons (Fsp3) is 0.174. The monoisotopic (exact) mass is 420 g/mol. The Balaban J connectivity index is 1.38. The average Bonchev–Trinajstić information content (AvgIpc) is 3.09. The maximum Gasteiger partial charge on any atom is 0.407 e. The molecule has 2 aromatic carbocycles. The van der Waals surface area contributed by atoms with Gasteiger partial charge in [0.15, 0.2) is 0 Å². The predicted octanol–water partition coefficient (Wildman–Crippen LogP) is 4.17. The molecule has 1 atom stereocenters. The number of alkyl carbamates (subject to hydrolysis) is 1. The Labute approximate surface area is 178 Å². The average molecular weight is 420 g/mol. The van der Waals surface area contributed by atoms with Crippen molar-refractivity contribution in [1.29, 1.82) is 0 Å². The second kappa shape index (κ2) is 9.00. The van der Waals surface area contributed by atoms with Gasteiger partial charge in [-0.05, 0) is 34.4 Å². The van der Waals surface area contributed by atoms with Crippen LogP contribution in [0.4, 0.5) is 4.79 Å². The number of rotatable bonds is 7. The van der Waals surface area contributed by atoms with E-state index in [-0.39, 0.29) is 18.3 Å². The molecule has 4 rings (SSSR count). The van der Waals surface area contributed by atoms with Gasteiger partial charge in [0, 0.05) is 17.9 Å². The van der Waals surface area contributed by atoms with Crippen LogP contribution in [0, 0.1) is 0 Å². The summed E-state index contributed by atoms with van der Waals surface area (Å²) < 4.78 is 5.43. The number of carbonyl (C=O) groups excluding carboxylic acids is 1. The van der Waals surface area contributed by atoms with Crippen molar-refractivity contribution in [1.82, 2.24) is 10.3 Å². The van der Waals surface area contributed by atoms with Crippen molar-refractivity contribution in [3.63, 3.8) is 0 Å². The van der Waals surface area contributed by atoms with Crippen LogP contribution in [0.3, 0.4) is 0 Å². The number of benzene rings is 2. The summed E-state index contributed by atoms with van der Waals surface area (Å²) in [4.78, 5) is 28.0. The molecule has 152 valence electrons. The molecule has 0 fully saturated rings. The van der Waals surface area contributed by atoms with E-state index in [0.29, 0.717) is 5.03 Å². The molecule has 1 heterocycles. The third-order valence-corrected chi connectivity index (χ3v) is 6.01. The summed E-state index contributed by atoms with van der Waals surface area (Å²) in [6.07, 6.45) is 0.891. The van der Waals surface area contributed by atoms with E-state index in [1.54, 1.807) is 18.3 Å². The first kappa shape index (κ1) is 20.0. The molecular formula is C23H20N2O4S. The summed E-state index contributed by atoms with van der Waals surface area (Å²) in [6.45, 7) is 0.138. The van der Waals surface area contributed by atoms with Crippen molar-refractivity contribution in [2.24, 2.45) is 0 Å². The van der Waals surface area contributed by atoms with Gasteiger partial charge in [-0.3, -0.25) is 0 Å². The van der Waals surface area contributed by atoms with Gasteiger partial charge in [0.25, 0.3) is 0 Å². The Morgan fingerprint density at radius 2 is 1.63 bits per heavy atom. The lowest BCUT2D eigenvalue weighted by Gasteiger charge is -2.17. The highest BCUT2D eigenvalue weighted by molar-refractivity contribution is 7.99. The summed E-state index contributed by atoms with van der Waals surface area (Å²) in [5.41, 5.74) is 4.48. The normalized spacial score (nSPS) is 13.2. The zero-order valence-corrected chi connectivity index (χ0v) is 16.8. The SMILES string of the molecule is O=C(NC(CSc1ccccn1)C(=O)O)OCC1c2ccccc2-c2ccccc21. The first-order valence-corrected chi connectivity index (χ1v) is 10.5. The van der Waals surface area contributed by atoms with Crippen LogP contribution < -0.4 is 5.32 Å². The van der Waals surface area contributed by atoms with Crippen LogP contribution in [0.25, 0.3) is 11.1 Å². The minimum Gasteiger partial charge on any atom is -0.480 e. The lowest BCUT2D eigenvalue weighted by molar-refractivity contribution is -0.138. The summed E-state index contributed by atoms with van der Waals surface area (Å²) in [6, 6.07) is 20.4. The molecule has 2 N–H and O–H groups in total. The lowest BCUT2D eigenvalue weighted by Crippen LogP contribution is -2.43. The highest BCUT2D eigenvalue weighted by Crippen LogP contribution is 2.44. The predicted molar refractivity (Wildman–Crippen MR) is 115 cm³/mol. The number of hydrogen-bond donors (Lipinski definition) is 2. The quantitative estimate of drug-likeness (QED) is 0.558. The van der Waals surface area contributed by atoms with E-state index < -0.39 is 18.1 Å². The number of carbonyl (C=O) groups is 2. The Morgan fingerprint density at radius 1 is 1.00 bits per heavy atom. The number of pyridine rings is 1. The number of nitrogens with one attached hydrogen (secondary N) is 1. The van der Waals surface area contributed by atoms with E-state index in [0.717, 1.165) is 22.3 Å². The molecule has 0 spiro atoms. The Morgan fingerprint density at radius 3 is 2.23 bits per heavy atom. The summed E-state index contributed by atoms with van der Waals surface area (Å²) >= 11 is 1.26. The molecule has 7 heteroatoms. The molecule has 0 bridgehead atoms. The number of carboxylic acid groups (broad SMARTS) is 1. The number of ether oxygens (including phenoxy) is 1. The van der Waals surface area contributed by atoms with Crippen LogP contribution in [0.2, 0.25) is 0 Å². The Kier molecular flexibility index (Phi) is 5.99. The van der Waals surface area contributed by atoms with Gasteiger partial charge in [0.05, 0.1) is 5.03 Å². The maximum atomic E-state index is 12.3. The molecule has 6 nitrogen and oxygen atoms in total. The van der Waals surface area contributed by atoms with Crippen molar-refractivity contribution in [3.8, 4) is 11.1 Å². The van der Waals surface area contributed by atoms with E-state index in [2.05, 4.69) is 22.4 Å². The number of thioether (sulfide) groups is 1. The second-order valence-corrected chi connectivity index (χ2v) is 7.88. The standard InChI is InChI=1S/C23H20N2O4S/c26-22(27)20(14-30-21-11-5-6-12-24-21)25-23(28)29-13-19-17-9-3-1-7-15(17)16-8-2-4-10-18(16)19/h1-12,19-20H,13-14H2,(H,25,28)(H,26,27). The summed E-state index contributed by atoms with van der Waals surface area (Å²) in [7, 11) is 0. The third kappa shape index (κ3) is 4.31. The molecule has 1 aromatic heterocycles.